The zero-order valence-corrected chi connectivity index (χ0v) is 20.0. The molecule has 0 aliphatic carbocycles. The average molecular weight is 534 g/mol. The summed E-state index contributed by atoms with van der Waals surface area (Å²) in [6, 6.07) is 12.4. The molecule has 1 fully saturated rings. The van der Waals surface area contributed by atoms with E-state index in [9.17, 15) is 24.0 Å². The second-order valence-corrected chi connectivity index (χ2v) is 9.04. The first-order valence-electron chi connectivity index (χ1n) is 10.00. The van der Waals surface area contributed by atoms with E-state index in [0.29, 0.717) is 11.3 Å². The first-order valence-corrected chi connectivity index (χ1v) is 11.8. The van der Waals surface area contributed by atoms with Gasteiger partial charge in [-0.2, -0.15) is 0 Å². The molecular weight excluding hydrogens is 514 g/mol. The fraction of sp³-hybridized carbons (Fsp3) is 0.261. The molecule has 3 rings (SSSR count). The predicted octanol–water partition coefficient (Wildman–Crippen LogP) is 3.42. The van der Waals surface area contributed by atoms with Crippen molar-refractivity contribution in [1.29, 1.82) is 0 Å². The highest BCUT2D eigenvalue weighted by Crippen LogP contribution is 2.30. The number of Topliss-reactive ketones (excluding diaryl/α,β-unsaturated/α-hetero) is 1. The van der Waals surface area contributed by atoms with E-state index in [1.54, 1.807) is 31.2 Å². The Morgan fingerprint density at radius 3 is 2.27 bits per heavy atom. The van der Waals surface area contributed by atoms with Crippen molar-refractivity contribution in [3.63, 3.8) is 0 Å². The van der Waals surface area contributed by atoms with E-state index in [2.05, 4.69) is 15.9 Å². The number of carbonyl (C=O) groups excluding carboxylic acids is 5. The number of halogens is 1. The Morgan fingerprint density at radius 2 is 1.64 bits per heavy atom. The molecule has 1 heterocycles. The smallest absolute Gasteiger partial charge is 0.338 e. The van der Waals surface area contributed by atoms with Crippen LogP contribution >= 0.6 is 27.7 Å². The summed E-state index contributed by atoms with van der Waals surface area (Å²) >= 11 is 4.35. The molecule has 10 heteroatoms. The van der Waals surface area contributed by atoms with Gasteiger partial charge in [-0.15, -0.1) is 11.8 Å². The lowest BCUT2D eigenvalue weighted by Gasteiger charge is -2.15. The van der Waals surface area contributed by atoms with Crippen LogP contribution in [0, 0.1) is 0 Å². The lowest BCUT2D eigenvalue weighted by Crippen LogP contribution is -2.31. The van der Waals surface area contributed by atoms with Gasteiger partial charge in [0.25, 0.3) is 0 Å². The quantitative estimate of drug-likeness (QED) is 0.274. The molecule has 172 valence electrons. The largest absolute Gasteiger partial charge is 0.465 e. The van der Waals surface area contributed by atoms with Crippen LogP contribution in [0.3, 0.4) is 0 Å². The summed E-state index contributed by atoms with van der Waals surface area (Å²) in [6.07, 6.45) is -0.0229. The Balaban J connectivity index is 1.57. The number of esters is 2. The summed E-state index contributed by atoms with van der Waals surface area (Å²) < 4.78 is 10.7. The number of thioether (sulfide) groups is 1. The maximum atomic E-state index is 12.6. The van der Waals surface area contributed by atoms with Gasteiger partial charge in [0.05, 0.1) is 28.9 Å². The zero-order valence-electron chi connectivity index (χ0n) is 17.6. The minimum Gasteiger partial charge on any atom is -0.465 e. The summed E-state index contributed by atoms with van der Waals surface area (Å²) in [5, 5.41) is -0.670. The molecule has 1 aliphatic heterocycles. The van der Waals surface area contributed by atoms with Crippen LogP contribution in [-0.2, 0) is 23.9 Å². The number of amides is 2. The van der Waals surface area contributed by atoms with Crippen LogP contribution in [0.2, 0.25) is 0 Å². The van der Waals surface area contributed by atoms with E-state index < -0.39 is 35.6 Å². The third-order valence-corrected chi connectivity index (χ3v) is 6.38. The summed E-state index contributed by atoms with van der Waals surface area (Å²) in [5.41, 5.74) is 0.907. The molecular formula is C23H20BrNO7S. The number of nitrogens with zero attached hydrogens (tertiary/aromatic N) is 1. The van der Waals surface area contributed by atoms with Crippen LogP contribution < -0.4 is 4.90 Å². The predicted molar refractivity (Wildman–Crippen MR) is 125 cm³/mol. The number of ketones is 1. The fourth-order valence-corrected chi connectivity index (χ4v) is 4.25. The Kier molecular flexibility index (Phi) is 8.40. The number of rotatable bonds is 9. The Labute approximate surface area is 202 Å². The molecule has 0 saturated carbocycles. The van der Waals surface area contributed by atoms with Crippen LogP contribution in [0.25, 0.3) is 0 Å². The van der Waals surface area contributed by atoms with Gasteiger partial charge in [-0.3, -0.25) is 19.2 Å². The summed E-state index contributed by atoms with van der Waals surface area (Å²) in [7, 11) is 0. The number of benzene rings is 2. The van der Waals surface area contributed by atoms with Crippen LogP contribution in [0.5, 0.6) is 0 Å². The van der Waals surface area contributed by atoms with Crippen molar-refractivity contribution in [2.45, 2.75) is 18.6 Å². The van der Waals surface area contributed by atoms with E-state index in [1.807, 2.05) is 0 Å². The van der Waals surface area contributed by atoms with Crippen molar-refractivity contribution in [2.75, 3.05) is 23.9 Å². The SMILES string of the molecule is CCOC(=O)CSC1CC(=O)N(c2ccc(C(=O)OCC(=O)c3ccc(Br)cc3)cc2)C1=O. The average Bonchev–Trinajstić information content (AvgIpc) is 3.09. The molecule has 0 spiro atoms. The highest BCUT2D eigenvalue weighted by atomic mass is 79.9. The molecule has 1 unspecified atom stereocenters. The molecule has 2 aromatic carbocycles. The molecule has 1 saturated heterocycles. The molecule has 8 nitrogen and oxygen atoms in total. The number of ether oxygens (including phenoxy) is 2. The lowest BCUT2D eigenvalue weighted by atomic mass is 10.1. The number of anilines is 1. The third-order valence-electron chi connectivity index (χ3n) is 4.67. The van der Waals surface area contributed by atoms with Crippen molar-refractivity contribution in [3.05, 3.63) is 64.1 Å². The normalized spacial score (nSPS) is 15.5. The summed E-state index contributed by atoms with van der Waals surface area (Å²) in [5.74, 6) is -2.32. The zero-order chi connectivity index (χ0) is 24.0. The van der Waals surface area contributed by atoms with Gasteiger partial charge in [-0.1, -0.05) is 28.1 Å². The van der Waals surface area contributed by atoms with E-state index >= 15 is 0 Å². The van der Waals surface area contributed by atoms with Gasteiger partial charge in [-0.05, 0) is 43.3 Å². The lowest BCUT2D eigenvalue weighted by molar-refractivity contribution is -0.139. The molecule has 2 aromatic rings. The second kappa shape index (κ2) is 11.2. The van der Waals surface area contributed by atoms with Gasteiger partial charge in [-0.25, -0.2) is 9.69 Å². The molecule has 0 N–H and O–H groups in total. The molecule has 1 atom stereocenters. The van der Waals surface area contributed by atoms with Gasteiger partial charge in [0.2, 0.25) is 11.8 Å². The summed E-state index contributed by atoms with van der Waals surface area (Å²) in [6.45, 7) is 1.52. The van der Waals surface area contributed by atoms with Crippen molar-refractivity contribution >= 4 is 62.9 Å². The van der Waals surface area contributed by atoms with Crippen LogP contribution in [0.1, 0.15) is 34.1 Å². The van der Waals surface area contributed by atoms with Gasteiger partial charge >= 0.3 is 11.9 Å². The highest BCUT2D eigenvalue weighted by molar-refractivity contribution is 9.10. The molecule has 0 bridgehead atoms. The molecule has 1 aliphatic rings. The van der Waals surface area contributed by atoms with E-state index in [1.165, 1.54) is 24.3 Å². The number of imide groups is 1. The second-order valence-electron chi connectivity index (χ2n) is 6.93. The van der Waals surface area contributed by atoms with Crippen molar-refractivity contribution in [1.82, 2.24) is 0 Å². The number of hydrogen-bond acceptors (Lipinski definition) is 8. The maximum absolute atomic E-state index is 12.6. The standard InChI is InChI=1S/C23H20BrNO7S/c1-2-31-21(28)13-33-19-11-20(27)25(22(19)29)17-9-5-15(6-10-17)23(30)32-12-18(26)14-3-7-16(24)8-4-14/h3-10,19H,2,11-13H2,1H3. The van der Waals surface area contributed by atoms with Gasteiger partial charge < -0.3 is 9.47 Å². The monoisotopic (exact) mass is 533 g/mol. The van der Waals surface area contributed by atoms with Gasteiger partial charge in [0.1, 0.15) is 0 Å². The van der Waals surface area contributed by atoms with Gasteiger partial charge in [0, 0.05) is 16.5 Å². The minimum absolute atomic E-state index is 0.0187. The van der Waals surface area contributed by atoms with Crippen LogP contribution in [0.15, 0.2) is 53.0 Å². The van der Waals surface area contributed by atoms with E-state index in [4.69, 9.17) is 9.47 Å². The van der Waals surface area contributed by atoms with E-state index in [-0.39, 0.29) is 30.1 Å². The highest BCUT2D eigenvalue weighted by Gasteiger charge is 2.40. The molecule has 0 radical (unpaired) electrons. The third kappa shape index (κ3) is 6.29. The fourth-order valence-electron chi connectivity index (χ4n) is 3.06. The number of hydrogen-bond donors (Lipinski definition) is 0. The van der Waals surface area contributed by atoms with Crippen molar-refractivity contribution in [3.8, 4) is 0 Å². The van der Waals surface area contributed by atoms with Crippen LogP contribution in [0.4, 0.5) is 5.69 Å². The Hall–Kier alpha value is -2.98. The molecule has 2 amide bonds. The molecule has 33 heavy (non-hydrogen) atoms. The van der Waals surface area contributed by atoms with Crippen molar-refractivity contribution in [2.24, 2.45) is 0 Å². The summed E-state index contributed by atoms with van der Waals surface area (Å²) in [4.78, 5) is 62.0. The minimum atomic E-state index is -0.700. The van der Waals surface area contributed by atoms with Gasteiger partial charge in [0.15, 0.2) is 12.4 Å². The number of carbonyl (C=O) groups is 5. The first kappa shape index (κ1) is 24.7. The maximum Gasteiger partial charge on any atom is 0.338 e. The van der Waals surface area contributed by atoms with Crippen LogP contribution in [-0.4, -0.2) is 53.8 Å². The Bertz CT molecular complexity index is 1070. The topological polar surface area (TPSA) is 107 Å². The first-order chi connectivity index (χ1) is 15.8. The molecule has 0 aromatic heterocycles. The van der Waals surface area contributed by atoms with E-state index in [0.717, 1.165) is 21.1 Å². The van der Waals surface area contributed by atoms with Crippen molar-refractivity contribution < 1.29 is 33.4 Å². The Morgan fingerprint density at radius 1 is 1.00 bits per heavy atom.